The second-order valence-corrected chi connectivity index (χ2v) is 10.6. The molecule has 1 atom stereocenters. The van der Waals surface area contributed by atoms with Crippen LogP contribution < -0.4 is 10.0 Å². The third-order valence-corrected chi connectivity index (χ3v) is 6.28. The molecule has 1 heterocycles. The molecule has 0 aliphatic carbocycles. The Bertz CT molecular complexity index is 1210. The largest absolute Gasteiger partial charge is 0.352 e. The van der Waals surface area contributed by atoms with Gasteiger partial charge in [0.05, 0.1) is 5.56 Å². The van der Waals surface area contributed by atoms with Crippen molar-refractivity contribution in [3.05, 3.63) is 64.7 Å². The lowest BCUT2D eigenvalue weighted by atomic mass is 10.0. The number of benzene rings is 2. The Morgan fingerprint density at radius 1 is 1.09 bits per heavy atom. The number of likely N-dealkylation sites (tertiary alicyclic amines) is 1. The smallest absolute Gasteiger partial charge is 0.337 e. The Kier molecular flexibility index (Phi) is 7.37. The highest BCUT2D eigenvalue weighted by molar-refractivity contribution is 7.97. The molecule has 11 heteroatoms. The molecule has 0 bridgehead atoms. The van der Waals surface area contributed by atoms with Crippen molar-refractivity contribution in [2.75, 3.05) is 24.7 Å². The van der Waals surface area contributed by atoms with Crippen LogP contribution in [0.1, 0.15) is 34.3 Å². The summed E-state index contributed by atoms with van der Waals surface area (Å²) in [6.07, 6.45) is 1.98. The highest BCUT2D eigenvalue weighted by Crippen LogP contribution is 2.34. The van der Waals surface area contributed by atoms with Gasteiger partial charge in [-0.2, -0.15) is 8.78 Å². The molecule has 2 amide bonds. The first-order valence-corrected chi connectivity index (χ1v) is 12.6. The van der Waals surface area contributed by atoms with E-state index in [0.29, 0.717) is 12.1 Å². The van der Waals surface area contributed by atoms with Crippen LogP contribution in [0.25, 0.3) is 0 Å². The molecule has 1 unspecified atom stereocenters. The van der Waals surface area contributed by atoms with Crippen LogP contribution in [-0.4, -0.2) is 52.2 Å². The summed E-state index contributed by atoms with van der Waals surface area (Å²) in [6, 6.07) is 5.91. The van der Waals surface area contributed by atoms with Gasteiger partial charge in [-0.15, -0.1) is 0 Å². The molecule has 0 radical (unpaired) electrons. The fraction of sp³-hybridized carbons (Fsp3) is 0.348. The van der Waals surface area contributed by atoms with Gasteiger partial charge in [-0.3, -0.25) is 13.8 Å². The van der Waals surface area contributed by atoms with Gasteiger partial charge in [-0.1, -0.05) is 0 Å². The van der Waals surface area contributed by atoms with Gasteiger partial charge < -0.3 is 10.2 Å². The minimum absolute atomic E-state index is 0.0344. The summed E-state index contributed by atoms with van der Waals surface area (Å²) < 4.78 is 72.5. The number of aryl methyl sites for hydroxylation is 1. The Morgan fingerprint density at radius 2 is 1.71 bits per heavy atom. The zero-order chi connectivity index (χ0) is 25.3. The summed E-state index contributed by atoms with van der Waals surface area (Å²) in [5.74, 6) is -4.93. The molecule has 1 fully saturated rings. The quantitative estimate of drug-likeness (QED) is 0.472. The van der Waals surface area contributed by atoms with Crippen molar-refractivity contribution in [3.8, 4) is 0 Å². The van der Waals surface area contributed by atoms with Crippen molar-refractivity contribution in [1.82, 2.24) is 9.62 Å². The number of amides is 2. The van der Waals surface area contributed by atoms with E-state index >= 15 is 8.78 Å². The number of alkyl halides is 2. The van der Waals surface area contributed by atoms with E-state index in [0.717, 1.165) is 17.0 Å². The first-order valence-electron chi connectivity index (χ1n) is 10.4. The van der Waals surface area contributed by atoms with Gasteiger partial charge >= 0.3 is 5.92 Å². The second kappa shape index (κ2) is 9.75. The van der Waals surface area contributed by atoms with Crippen LogP contribution in [0.5, 0.6) is 0 Å². The summed E-state index contributed by atoms with van der Waals surface area (Å²) in [7, 11) is -2.49. The molecule has 34 heavy (non-hydrogen) atoms. The molecule has 0 spiro atoms. The lowest BCUT2D eigenvalue weighted by Gasteiger charge is -2.34. The Balaban J connectivity index is 1.76. The number of piperidine rings is 1. The number of carbonyl (C=O) groups excluding carboxylic acids is 2. The van der Waals surface area contributed by atoms with Gasteiger partial charge in [0.1, 0.15) is 11.6 Å². The third-order valence-electron chi connectivity index (χ3n) is 5.45. The Morgan fingerprint density at radius 3 is 2.29 bits per heavy atom. The molecule has 0 aromatic heterocycles. The van der Waals surface area contributed by atoms with Crippen molar-refractivity contribution in [2.24, 2.45) is 0 Å². The molecule has 6 nitrogen and oxygen atoms in total. The maximum atomic E-state index is 15.1. The molecule has 2 aromatic carbocycles. The van der Waals surface area contributed by atoms with Gasteiger partial charge in [0.15, 0.2) is 0 Å². The fourth-order valence-electron chi connectivity index (χ4n) is 3.70. The monoisotopic (exact) mass is 499 g/mol. The van der Waals surface area contributed by atoms with Crippen molar-refractivity contribution >= 4 is 33.1 Å². The number of nitrogens with zero attached hydrogens (tertiary/aromatic N) is 1. The number of halogens is 4. The third kappa shape index (κ3) is 5.95. The van der Waals surface area contributed by atoms with Crippen LogP contribution in [0.3, 0.4) is 0 Å². The normalized spacial score (nSPS) is 16.7. The van der Waals surface area contributed by atoms with Crippen LogP contribution in [0, 0.1) is 18.6 Å². The van der Waals surface area contributed by atoms with E-state index < -0.39 is 44.6 Å². The lowest BCUT2D eigenvalue weighted by Crippen LogP contribution is -2.50. The standard InChI is InChI=1S/C23H25F4N3O3S/c1-14-12-17(5-7-19(14)24)28-21(31)15-4-6-20(25)18(13-15)23(26,27)22(32)30-10-8-16(9-11-30)29-34(2,3)33/h4-7,12-13,16H,2,8-11H2,1,3H3,(H,28,31)(H,29,33). The topological polar surface area (TPSA) is 78.5 Å². The zero-order valence-electron chi connectivity index (χ0n) is 18.7. The van der Waals surface area contributed by atoms with Gasteiger partial charge in [-0.25, -0.2) is 13.5 Å². The number of nitrogens with one attached hydrogen (secondary N) is 2. The first kappa shape index (κ1) is 25.7. The van der Waals surface area contributed by atoms with E-state index in [2.05, 4.69) is 15.9 Å². The van der Waals surface area contributed by atoms with Crippen LogP contribution in [0.15, 0.2) is 36.4 Å². The molecule has 2 aromatic rings. The predicted molar refractivity (Wildman–Crippen MR) is 123 cm³/mol. The van der Waals surface area contributed by atoms with Gasteiger partial charge in [0.2, 0.25) is 0 Å². The minimum Gasteiger partial charge on any atom is -0.337 e. The average Bonchev–Trinajstić information content (AvgIpc) is 2.75. The van der Waals surface area contributed by atoms with E-state index in [1.807, 2.05) is 0 Å². The van der Waals surface area contributed by atoms with E-state index in [9.17, 15) is 22.6 Å². The number of hydrogen-bond acceptors (Lipinski definition) is 3. The van der Waals surface area contributed by atoms with Crippen molar-refractivity contribution in [3.63, 3.8) is 0 Å². The van der Waals surface area contributed by atoms with Gasteiger partial charge in [0, 0.05) is 46.3 Å². The van der Waals surface area contributed by atoms with Crippen LogP contribution in [0.4, 0.5) is 23.2 Å². The minimum atomic E-state index is -4.21. The second-order valence-electron chi connectivity index (χ2n) is 8.38. The molecule has 2 N–H and O–H groups in total. The van der Waals surface area contributed by atoms with Crippen molar-refractivity contribution in [1.29, 1.82) is 0 Å². The summed E-state index contributed by atoms with van der Waals surface area (Å²) >= 11 is 0. The van der Waals surface area contributed by atoms with Crippen molar-refractivity contribution in [2.45, 2.75) is 31.7 Å². The van der Waals surface area contributed by atoms with Gasteiger partial charge in [0.25, 0.3) is 11.8 Å². The molecular weight excluding hydrogens is 474 g/mol. The first-order chi connectivity index (χ1) is 15.8. The maximum absolute atomic E-state index is 15.1. The van der Waals surface area contributed by atoms with Crippen LogP contribution in [0.2, 0.25) is 0 Å². The highest BCUT2D eigenvalue weighted by atomic mass is 32.2. The maximum Gasteiger partial charge on any atom is 0.352 e. The molecule has 1 aliphatic heterocycles. The lowest BCUT2D eigenvalue weighted by molar-refractivity contribution is -0.160. The number of rotatable bonds is 6. The number of carbonyl (C=O) groups is 2. The average molecular weight is 500 g/mol. The summed E-state index contributed by atoms with van der Waals surface area (Å²) in [6.45, 7) is 1.42. The highest BCUT2D eigenvalue weighted by Gasteiger charge is 2.47. The van der Waals surface area contributed by atoms with E-state index in [1.165, 1.54) is 25.3 Å². The summed E-state index contributed by atoms with van der Waals surface area (Å²) in [5, 5.41) is 2.44. The van der Waals surface area contributed by atoms with E-state index in [1.54, 1.807) is 0 Å². The van der Waals surface area contributed by atoms with Crippen molar-refractivity contribution < 1.29 is 31.4 Å². The molecule has 184 valence electrons. The SMILES string of the molecule is C=S(C)(=O)NC1CCN(C(=O)C(F)(F)c2cc(C(=O)Nc3ccc(F)c(C)c3)ccc2F)CC1. The van der Waals surface area contributed by atoms with Gasteiger partial charge in [-0.05, 0) is 67.6 Å². The van der Waals surface area contributed by atoms with Crippen LogP contribution >= 0.6 is 0 Å². The van der Waals surface area contributed by atoms with E-state index in [-0.39, 0.29) is 48.8 Å². The number of anilines is 1. The Labute approximate surface area is 195 Å². The molecule has 1 aliphatic rings. The summed E-state index contributed by atoms with van der Waals surface area (Å²) in [5.41, 5.74) is -1.01. The number of hydrogen-bond donors (Lipinski definition) is 2. The zero-order valence-corrected chi connectivity index (χ0v) is 19.5. The predicted octanol–water partition coefficient (Wildman–Crippen LogP) is 3.46. The molecule has 3 rings (SSSR count). The molecule has 1 saturated heterocycles. The molecular formula is C23H25F4N3O3S. The summed E-state index contributed by atoms with van der Waals surface area (Å²) in [4.78, 5) is 26.0. The fourth-order valence-corrected chi connectivity index (χ4v) is 4.64. The van der Waals surface area contributed by atoms with Crippen LogP contribution in [-0.2, 0) is 20.4 Å². The molecule has 0 saturated carbocycles. The Hall–Kier alpha value is -2.92. The van der Waals surface area contributed by atoms with E-state index in [4.69, 9.17) is 0 Å².